The summed E-state index contributed by atoms with van der Waals surface area (Å²) in [5.41, 5.74) is 1.40. The van der Waals surface area contributed by atoms with E-state index in [0.29, 0.717) is 42.0 Å². The van der Waals surface area contributed by atoms with Gasteiger partial charge >= 0.3 is 0 Å². The molecule has 23 heavy (non-hydrogen) atoms. The molecule has 0 unspecified atom stereocenters. The first-order valence-corrected chi connectivity index (χ1v) is 7.29. The van der Waals surface area contributed by atoms with Crippen LogP contribution in [0.2, 0.25) is 0 Å². The van der Waals surface area contributed by atoms with Crippen molar-refractivity contribution in [3.05, 3.63) is 29.7 Å². The normalized spacial score (nSPS) is 12.4. The molecular weight excluding hydrogens is 300 g/mol. The Hall–Kier alpha value is -2.54. The number of hydrogen-bond acceptors (Lipinski definition) is 6. The third-order valence-corrected chi connectivity index (χ3v) is 3.47. The average molecular weight is 318 g/mol. The van der Waals surface area contributed by atoms with Gasteiger partial charge in [-0.1, -0.05) is 0 Å². The summed E-state index contributed by atoms with van der Waals surface area (Å²) in [5.74, 6) is 2.34. The Morgan fingerprint density at radius 1 is 1.35 bits per heavy atom. The van der Waals surface area contributed by atoms with Crippen LogP contribution < -0.4 is 14.8 Å². The number of fused-ring (bicyclic) bond motifs is 1. The molecule has 3 rings (SSSR count). The highest BCUT2D eigenvalue weighted by atomic mass is 16.7. The second-order valence-corrected chi connectivity index (χ2v) is 5.11. The maximum absolute atomic E-state index is 11.9. The van der Waals surface area contributed by atoms with Crippen molar-refractivity contribution in [2.24, 2.45) is 0 Å². The summed E-state index contributed by atoms with van der Waals surface area (Å²) in [6, 6.07) is 5.48. The number of aromatic nitrogens is 1. The van der Waals surface area contributed by atoms with E-state index in [1.807, 2.05) is 18.2 Å². The number of amides is 1. The Balaban J connectivity index is 1.72. The van der Waals surface area contributed by atoms with Crippen molar-refractivity contribution >= 4 is 5.91 Å². The van der Waals surface area contributed by atoms with Gasteiger partial charge in [0.2, 0.25) is 18.6 Å². The molecule has 1 N–H and O–H groups in total. The quantitative estimate of drug-likeness (QED) is 0.816. The molecular formula is C16H18N2O5. The van der Waals surface area contributed by atoms with Crippen LogP contribution in [-0.2, 0) is 16.0 Å². The zero-order chi connectivity index (χ0) is 16.2. The van der Waals surface area contributed by atoms with E-state index >= 15 is 0 Å². The van der Waals surface area contributed by atoms with Gasteiger partial charge in [-0.2, -0.15) is 0 Å². The van der Waals surface area contributed by atoms with Crippen LogP contribution in [0.5, 0.6) is 11.5 Å². The first kappa shape index (κ1) is 15.4. The molecule has 0 spiro atoms. The van der Waals surface area contributed by atoms with Gasteiger partial charge in [-0.05, 0) is 25.1 Å². The molecule has 2 aromatic rings. The Morgan fingerprint density at radius 3 is 3.00 bits per heavy atom. The van der Waals surface area contributed by atoms with Crippen LogP contribution in [0.25, 0.3) is 11.5 Å². The topological polar surface area (TPSA) is 82.8 Å². The molecule has 0 bridgehead atoms. The molecule has 0 aliphatic carbocycles. The molecule has 1 aliphatic rings. The zero-order valence-electron chi connectivity index (χ0n) is 13.0. The number of nitrogens with zero attached hydrogens (tertiary/aromatic N) is 1. The predicted molar refractivity (Wildman–Crippen MR) is 81.4 cm³/mol. The lowest BCUT2D eigenvalue weighted by molar-refractivity contribution is -0.120. The maximum atomic E-state index is 11.9. The van der Waals surface area contributed by atoms with Gasteiger partial charge in [0.1, 0.15) is 5.76 Å². The van der Waals surface area contributed by atoms with E-state index in [1.54, 1.807) is 14.0 Å². The van der Waals surface area contributed by atoms with Crippen LogP contribution in [0.1, 0.15) is 11.5 Å². The van der Waals surface area contributed by atoms with Crippen molar-refractivity contribution in [1.29, 1.82) is 0 Å². The van der Waals surface area contributed by atoms with E-state index in [1.165, 1.54) is 0 Å². The molecule has 0 saturated heterocycles. The average Bonchev–Trinajstić information content (AvgIpc) is 3.14. The number of nitrogens with one attached hydrogen (secondary N) is 1. The minimum Gasteiger partial charge on any atom is -0.454 e. The summed E-state index contributed by atoms with van der Waals surface area (Å²) in [7, 11) is 1.59. The van der Waals surface area contributed by atoms with Crippen LogP contribution in [0.4, 0.5) is 0 Å². The number of methoxy groups -OCH3 is 1. The maximum Gasteiger partial charge on any atom is 0.231 e. The van der Waals surface area contributed by atoms with Crippen molar-refractivity contribution < 1.29 is 23.4 Å². The van der Waals surface area contributed by atoms with Crippen molar-refractivity contribution in [2.45, 2.75) is 13.3 Å². The van der Waals surface area contributed by atoms with E-state index in [2.05, 4.69) is 10.3 Å². The highest BCUT2D eigenvalue weighted by molar-refractivity contribution is 5.78. The number of carbonyl (C=O) groups is 1. The molecule has 7 heteroatoms. The first-order valence-electron chi connectivity index (χ1n) is 7.29. The molecule has 1 aromatic heterocycles. The van der Waals surface area contributed by atoms with Crippen molar-refractivity contribution in [3.8, 4) is 23.0 Å². The minimum atomic E-state index is -0.115. The molecule has 0 radical (unpaired) electrons. The largest absolute Gasteiger partial charge is 0.454 e. The summed E-state index contributed by atoms with van der Waals surface area (Å²) in [5, 5.41) is 2.76. The molecule has 0 fully saturated rings. The van der Waals surface area contributed by atoms with Crippen LogP contribution in [0.3, 0.4) is 0 Å². The molecule has 0 atom stereocenters. The van der Waals surface area contributed by atoms with Crippen LogP contribution in [0.15, 0.2) is 22.6 Å². The molecule has 122 valence electrons. The third-order valence-electron chi connectivity index (χ3n) is 3.47. The summed E-state index contributed by atoms with van der Waals surface area (Å²) in [6.07, 6.45) is 0.170. The van der Waals surface area contributed by atoms with E-state index in [4.69, 9.17) is 18.6 Å². The Kier molecular flexibility index (Phi) is 4.47. The van der Waals surface area contributed by atoms with Crippen LogP contribution >= 0.6 is 0 Å². The number of carbonyl (C=O) groups excluding carboxylic acids is 1. The second kappa shape index (κ2) is 6.70. The third kappa shape index (κ3) is 3.45. The number of oxazole rings is 1. The van der Waals surface area contributed by atoms with Gasteiger partial charge < -0.3 is 23.9 Å². The predicted octanol–water partition coefficient (Wildman–Crippen LogP) is 1.68. The standard InChI is InChI=1S/C16H18N2O5/c1-10-12(8-15(19)17-5-6-20-2)18-16(23-10)11-3-4-13-14(7-11)22-9-21-13/h3-4,7H,5-6,8-9H2,1-2H3,(H,17,19). The van der Waals surface area contributed by atoms with Crippen LogP contribution in [0, 0.1) is 6.92 Å². The molecule has 1 aromatic carbocycles. The van der Waals surface area contributed by atoms with Gasteiger partial charge in [-0.3, -0.25) is 4.79 Å². The lowest BCUT2D eigenvalue weighted by Crippen LogP contribution is -2.28. The fourth-order valence-electron chi connectivity index (χ4n) is 2.25. The van der Waals surface area contributed by atoms with E-state index in [-0.39, 0.29) is 19.1 Å². The molecule has 0 saturated carbocycles. The highest BCUT2D eigenvalue weighted by Gasteiger charge is 2.18. The molecule has 1 amide bonds. The number of benzene rings is 1. The van der Waals surface area contributed by atoms with Gasteiger partial charge in [-0.25, -0.2) is 4.98 Å². The van der Waals surface area contributed by atoms with Crippen molar-refractivity contribution in [3.63, 3.8) is 0 Å². The summed E-state index contributed by atoms with van der Waals surface area (Å²) in [4.78, 5) is 16.3. The van der Waals surface area contributed by atoms with E-state index < -0.39 is 0 Å². The molecule has 2 heterocycles. The van der Waals surface area contributed by atoms with E-state index in [0.717, 1.165) is 5.56 Å². The number of rotatable bonds is 6. The van der Waals surface area contributed by atoms with Gasteiger partial charge in [0, 0.05) is 19.2 Å². The van der Waals surface area contributed by atoms with Gasteiger partial charge in [-0.15, -0.1) is 0 Å². The van der Waals surface area contributed by atoms with Crippen molar-refractivity contribution in [1.82, 2.24) is 10.3 Å². The molecule has 7 nitrogen and oxygen atoms in total. The Labute approximate surface area is 133 Å². The van der Waals surface area contributed by atoms with Crippen molar-refractivity contribution in [2.75, 3.05) is 27.1 Å². The monoisotopic (exact) mass is 318 g/mol. The number of aryl methyl sites for hydroxylation is 1. The van der Waals surface area contributed by atoms with Gasteiger partial charge in [0.05, 0.1) is 18.7 Å². The highest BCUT2D eigenvalue weighted by Crippen LogP contribution is 2.36. The number of ether oxygens (including phenoxy) is 3. The minimum absolute atomic E-state index is 0.115. The SMILES string of the molecule is COCCNC(=O)Cc1nc(-c2ccc3c(c2)OCO3)oc1C. The van der Waals surface area contributed by atoms with E-state index in [9.17, 15) is 4.79 Å². The zero-order valence-corrected chi connectivity index (χ0v) is 13.0. The molecule has 1 aliphatic heterocycles. The number of hydrogen-bond donors (Lipinski definition) is 1. The first-order chi connectivity index (χ1) is 11.2. The lowest BCUT2D eigenvalue weighted by Gasteiger charge is -2.02. The van der Waals surface area contributed by atoms with Crippen LogP contribution in [-0.4, -0.2) is 37.9 Å². The fourth-order valence-corrected chi connectivity index (χ4v) is 2.25. The summed E-state index contributed by atoms with van der Waals surface area (Å²) >= 11 is 0. The Bertz CT molecular complexity index is 710. The lowest BCUT2D eigenvalue weighted by atomic mass is 10.2. The smallest absolute Gasteiger partial charge is 0.231 e. The Morgan fingerprint density at radius 2 is 2.17 bits per heavy atom. The second-order valence-electron chi connectivity index (χ2n) is 5.11. The fraction of sp³-hybridized carbons (Fsp3) is 0.375. The van der Waals surface area contributed by atoms with Gasteiger partial charge in [0.15, 0.2) is 11.5 Å². The van der Waals surface area contributed by atoms with Gasteiger partial charge in [0.25, 0.3) is 0 Å². The summed E-state index contributed by atoms with van der Waals surface area (Å²) < 4.78 is 21.2. The summed E-state index contributed by atoms with van der Waals surface area (Å²) in [6.45, 7) is 2.96.